The first-order valence-electron chi connectivity index (χ1n) is 7.10. The molecule has 95 valence electrons. The maximum absolute atomic E-state index is 10.7. The van der Waals surface area contributed by atoms with Crippen LogP contribution in [0.5, 0.6) is 0 Å². The molecule has 1 heteroatoms. The minimum absolute atomic E-state index is 0.167. The van der Waals surface area contributed by atoms with Crippen LogP contribution in [-0.4, -0.2) is 6.29 Å². The summed E-state index contributed by atoms with van der Waals surface area (Å²) in [7, 11) is 0. The van der Waals surface area contributed by atoms with Gasteiger partial charge in [0.25, 0.3) is 0 Å². The van der Waals surface area contributed by atoms with Crippen molar-refractivity contribution in [2.75, 3.05) is 0 Å². The lowest BCUT2D eigenvalue weighted by Gasteiger charge is -2.12. The average molecular weight is 225 g/mol. The molecular formula is C15H29O. The lowest BCUT2D eigenvalue weighted by molar-refractivity contribution is 0.409. The highest BCUT2D eigenvalue weighted by molar-refractivity contribution is 5.54. The smallest absolute Gasteiger partial charge is 0.202 e. The molecule has 0 fully saturated rings. The van der Waals surface area contributed by atoms with E-state index in [0.29, 0.717) is 5.92 Å². The van der Waals surface area contributed by atoms with E-state index < -0.39 is 0 Å². The zero-order valence-corrected chi connectivity index (χ0v) is 11.4. The van der Waals surface area contributed by atoms with E-state index in [0.717, 1.165) is 6.42 Å². The average Bonchev–Trinajstić information content (AvgIpc) is 2.26. The van der Waals surface area contributed by atoms with Crippen molar-refractivity contribution in [3.05, 3.63) is 0 Å². The fourth-order valence-electron chi connectivity index (χ4n) is 2.03. The Morgan fingerprint density at radius 1 is 0.875 bits per heavy atom. The van der Waals surface area contributed by atoms with Crippen LogP contribution in [0.4, 0.5) is 0 Å². The Kier molecular flexibility index (Phi) is 10.9. The summed E-state index contributed by atoms with van der Waals surface area (Å²) in [6, 6.07) is 0. The van der Waals surface area contributed by atoms with Crippen LogP contribution in [0.1, 0.15) is 78.6 Å². The number of carbonyl (C=O) groups excluding carboxylic acids is 1. The quantitative estimate of drug-likeness (QED) is 0.457. The van der Waals surface area contributed by atoms with Crippen LogP contribution in [0.25, 0.3) is 0 Å². The van der Waals surface area contributed by atoms with Crippen LogP contribution in [0.3, 0.4) is 0 Å². The molecule has 1 atom stereocenters. The van der Waals surface area contributed by atoms with Gasteiger partial charge in [-0.05, 0) is 12.3 Å². The van der Waals surface area contributed by atoms with E-state index in [-0.39, 0.29) is 5.92 Å². The largest absolute Gasteiger partial charge is 0.291 e. The van der Waals surface area contributed by atoms with E-state index in [1.165, 1.54) is 51.4 Å². The molecule has 0 aromatic heterocycles. The molecule has 16 heavy (non-hydrogen) atoms. The van der Waals surface area contributed by atoms with Crippen molar-refractivity contribution in [1.29, 1.82) is 0 Å². The van der Waals surface area contributed by atoms with Crippen molar-refractivity contribution in [3.8, 4) is 0 Å². The predicted molar refractivity (Wildman–Crippen MR) is 71.2 cm³/mol. The number of rotatable bonds is 11. The Labute approximate surface area is 102 Å². The normalized spacial score (nSPS) is 13.0. The summed E-state index contributed by atoms with van der Waals surface area (Å²) in [6.07, 6.45) is 13.9. The minimum Gasteiger partial charge on any atom is -0.291 e. The molecule has 0 aromatic carbocycles. The van der Waals surface area contributed by atoms with Gasteiger partial charge < -0.3 is 0 Å². The molecular weight excluding hydrogens is 196 g/mol. The Hall–Kier alpha value is -0.330. The van der Waals surface area contributed by atoms with Gasteiger partial charge in [0.2, 0.25) is 6.29 Å². The molecule has 0 aliphatic carbocycles. The first-order chi connectivity index (χ1) is 7.72. The standard InChI is InChI=1S/C15H29O/c1-4-5-6-7-8-9-10-11-12-15(13-16)14(2)3/h14-15H,4-12H2,1-3H3. The Morgan fingerprint density at radius 3 is 1.81 bits per heavy atom. The summed E-state index contributed by atoms with van der Waals surface area (Å²) in [5, 5.41) is 0. The summed E-state index contributed by atoms with van der Waals surface area (Å²) >= 11 is 0. The Morgan fingerprint density at radius 2 is 1.38 bits per heavy atom. The predicted octanol–water partition coefficient (Wildman–Crippen LogP) is 4.90. The van der Waals surface area contributed by atoms with Gasteiger partial charge in [-0.1, -0.05) is 72.1 Å². The Balaban J connectivity index is 3.22. The summed E-state index contributed by atoms with van der Waals surface area (Å²) in [5.41, 5.74) is 0. The molecule has 0 bridgehead atoms. The third kappa shape index (κ3) is 8.94. The lowest BCUT2D eigenvalue weighted by Crippen LogP contribution is -2.09. The van der Waals surface area contributed by atoms with Gasteiger partial charge in [0.1, 0.15) is 0 Å². The highest BCUT2D eigenvalue weighted by atomic mass is 16.1. The molecule has 0 spiro atoms. The number of hydrogen-bond donors (Lipinski definition) is 0. The molecule has 0 saturated carbocycles. The molecule has 1 nitrogen and oxygen atoms in total. The van der Waals surface area contributed by atoms with Gasteiger partial charge in [-0.3, -0.25) is 4.79 Å². The van der Waals surface area contributed by atoms with Crippen molar-refractivity contribution in [2.24, 2.45) is 11.8 Å². The van der Waals surface area contributed by atoms with E-state index in [2.05, 4.69) is 27.1 Å². The number of unbranched alkanes of at least 4 members (excludes halogenated alkanes) is 7. The van der Waals surface area contributed by atoms with E-state index in [4.69, 9.17) is 0 Å². The van der Waals surface area contributed by atoms with Crippen molar-refractivity contribution < 1.29 is 4.79 Å². The fraction of sp³-hybridized carbons (Fsp3) is 0.933. The number of hydrogen-bond acceptors (Lipinski definition) is 1. The maximum Gasteiger partial charge on any atom is 0.202 e. The van der Waals surface area contributed by atoms with Gasteiger partial charge in [0.15, 0.2) is 0 Å². The first kappa shape index (κ1) is 15.7. The van der Waals surface area contributed by atoms with E-state index in [1.54, 1.807) is 0 Å². The topological polar surface area (TPSA) is 17.1 Å². The van der Waals surface area contributed by atoms with Gasteiger partial charge in [0, 0.05) is 5.92 Å². The second-order valence-electron chi connectivity index (χ2n) is 5.23. The highest BCUT2D eigenvalue weighted by Gasteiger charge is 2.11. The van der Waals surface area contributed by atoms with Crippen molar-refractivity contribution in [1.82, 2.24) is 0 Å². The van der Waals surface area contributed by atoms with Crippen LogP contribution in [0, 0.1) is 11.8 Å². The zero-order chi connectivity index (χ0) is 12.2. The monoisotopic (exact) mass is 225 g/mol. The second kappa shape index (κ2) is 11.2. The first-order valence-corrected chi connectivity index (χ1v) is 7.10. The SMILES string of the molecule is CCCCCCCCCCC([C]=O)C(C)C. The van der Waals surface area contributed by atoms with Gasteiger partial charge in [-0.2, -0.15) is 0 Å². The minimum atomic E-state index is 0.167. The summed E-state index contributed by atoms with van der Waals surface area (Å²) in [5.74, 6) is 0.627. The summed E-state index contributed by atoms with van der Waals surface area (Å²) < 4.78 is 0. The zero-order valence-electron chi connectivity index (χ0n) is 11.4. The van der Waals surface area contributed by atoms with Crippen LogP contribution in [-0.2, 0) is 4.79 Å². The van der Waals surface area contributed by atoms with E-state index in [1.807, 2.05) is 0 Å². The molecule has 0 N–H and O–H groups in total. The molecule has 0 saturated heterocycles. The molecule has 0 rings (SSSR count). The van der Waals surface area contributed by atoms with Crippen LogP contribution < -0.4 is 0 Å². The van der Waals surface area contributed by atoms with Gasteiger partial charge in [-0.25, -0.2) is 0 Å². The van der Waals surface area contributed by atoms with E-state index in [9.17, 15) is 4.79 Å². The van der Waals surface area contributed by atoms with E-state index >= 15 is 0 Å². The molecule has 0 aliphatic rings. The highest BCUT2D eigenvalue weighted by Crippen LogP contribution is 2.17. The lowest BCUT2D eigenvalue weighted by atomic mass is 9.91. The summed E-state index contributed by atoms with van der Waals surface area (Å²) in [4.78, 5) is 10.7. The third-order valence-electron chi connectivity index (χ3n) is 3.32. The second-order valence-corrected chi connectivity index (χ2v) is 5.23. The van der Waals surface area contributed by atoms with Gasteiger partial charge in [0.05, 0.1) is 0 Å². The summed E-state index contributed by atoms with van der Waals surface area (Å²) in [6.45, 7) is 6.47. The van der Waals surface area contributed by atoms with Gasteiger partial charge >= 0.3 is 0 Å². The molecule has 0 amide bonds. The van der Waals surface area contributed by atoms with Crippen molar-refractivity contribution in [3.63, 3.8) is 0 Å². The molecule has 0 aromatic rings. The van der Waals surface area contributed by atoms with Crippen molar-refractivity contribution >= 4 is 6.29 Å². The molecule has 1 radical (unpaired) electrons. The maximum atomic E-state index is 10.7. The third-order valence-corrected chi connectivity index (χ3v) is 3.32. The van der Waals surface area contributed by atoms with Gasteiger partial charge in [-0.15, -0.1) is 0 Å². The fourth-order valence-corrected chi connectivity index (χ4v) is 2.03. The molecule has 1 unspecified atom stereocenters. The van der Waals surface area contributed by atoms with Crippen LogP contribution >= 0.6 is 0 Å². The molecule has 0 aliphatic heterocycles. The van der Waals surface area contributed by atoms with Crippen LogP contribution in [0.15, 0.2) is 0 Å². The Bertz CT molecular complexity index is 152. The van der Waals surface area contributed by atoms with Crippen LogP contribution in [0.2, 0.25) is 0 Å². The molecule has 0 heterocycles. The van der Waals surface area contributed by atoms with Crippen molar-refractivity contribution in [2.45, 2.75) is 78.6 Å².